The van der Waals surface area contributed by atoms with E-state index in [1.54, 1.807) is 0 Å². The number of hydrogen-bond acceptors (Lipinski definition) is 3. The Bertz CT molecular complexity index is 445. The smallest absolute Gasteiger partial charge is 0.323 e. The summed E-state index contributed by atoms with van der Waals surface area (Å²) in [4.78, 5) is 21.9. The average molecular weight is 274 g/mol. The van der Waals surface area contributed by atoms with Crippen molar-refractivity contribution < 1.29 is 9.72 Å². The monoisotopic (exact) mass is 273 g/mol. The predicted octanol–water partition coefficient (Wildman–Crippen LogP) is 2.07. The SMILES string of the molecule is CCCC(Cl)CNC(=O)c1ccc([N+](=O)[O-])n1C. The van der Waals surface area contributed by atoms with E-state index >= 15 is 0 Å². The molecule has 1 rings (SSSR count). The van der Waals surface area contributed by atoms with Crippen molar-refractivity contribution in [2.75, 3.05) is 6.54 Å². The minimum atomic E-state index is -0.530. The van der Waals surface area contributed by atoms with Gasteiger partial charge in [-0.05, 0) is 17.4 Å². The van der Waals surface area contributed by atoms with Gasteiger partial charge in [0.25, 0.3) is 5.91 Å². The fourth-order valence-corrected chi connectivity index (χ4v) is 1.92. The highest BCUT2D eigenvalue weighted by Gasteiger charge is 2.20. The summed E-state index contributed by atoms with van der Waals surface area (Å²) in [5.74, 6) is -0.469. The molecular formula is C11H16ClN3O3. The molecule has 0 radical (unpaired) electrons. The van der Waals surface area contributed by atoms with E-state index in [-0.39, 0.29) is 22.8 Å². The van der Waals surface area contributed by atoms with Gasteiger partial charge in [0, 0.05) is 12.6 Å². The second-order valence-corrected chi connectivity index (χ2v) is 4.61. The molecule has 1 amide bonds. The Morgan fingerprint density at radius 3 is 2.78 bits per heavy atom. The molecule has 0 bridgehead atoms. The number of amides is 1. The molecule has 18 heavy (non-hydrogen) atoms. The first-order valence-corrected chi connectivity index (χ1v) is 6.13. The van der Waals surface area contributed by atoms with Gasteiger partial charge in [-0.2, -0.15) is 0 Å². The first kappa shape index (κ1) is 14.5. The third-order valence-corrected chi connectivity index (χ3v) is 2.97. The summed E-state index contributed by atoms with van der Waals surface area (Å²) in [6.45, 7) is 2.37. The fourth-order valence-electron chi connectivity index (χ4n) is 1.62. The van der Waals surface area contributed by atoms with Gasteiger partial charge in [-0.3, -0.25) is 4.79 Å². The lowest BCUT2D eigenvalue weighted by Crippen LogP contribution is -2.31. The molecule has 0 aromatic carbocycles. The Labute approximate surface area is 110 Å². The quantitative estimate of drug-likeness (QED) is 0.490. The second-order valence-electron chi connectivity index (χ2n) is 3.99. The van der Waals surface area contributed by atoms with Gasteiger partial charge >= 0.3 is 5.82 Å². The maximum absolute atomic E-state index is 11.8. The lowest BCUT2D eigenvalue weighted by Gasteiger charge is -2.08. The normalized spacial score (nSPS) is 12.2. The maximum atomic E-state index is 11.8. The summed E-state index contributed by atoms with van der Waals surface area (Å²) in [7, 11) is 1.48. The van der Waals surface area contributed by atoms with E-state index in [2.05, 4.69) is 5.32 Å². The van der Waals surface area contributed by atoms with Gasteiger partial charge in [0.15, 0.2) is 5.69 Å². The van der Waals surface area contributed by atoms with Crippen LogP contribution in [0.25, 0.3) is 0 Å². The van der Waals surface area contributed by atoms with E-state index in [9.17, 15) is 14.9 Å². The van der Waals surface area contributed by atoms with E-state index in [0.29, 0.717) is 6.54 Å². The van der Waals surface area contributed by atoms with Crippen LogP contribution in [0.2, 0.25) is 0 Å². The Hall–Kier alpha value is -1.56. The number of carbonyl (C=O) groups excluding carboxylic acids is 1. The van der Waals surface area contributed by atoms with Gasteiger partial charge in [0.2, 0.25) is 0 Å². The summed E-state index contributed by atoms with van der Waals surface area (Å²) in [6.07, 6.45) is 1.76. The first-order chi connectivity index (χ1) is 8.47. The molecule has 7 heteroatoms. The number of nitrogens with one attached hydrogen (secondary N) is 1. The van der Waals surface area contributed by atoms with Crippen LogP contribution < -0.4 is 5.32 Å². The highest BCUT2D eigenvalue weighted by Crippen LogP contribution is 2.15. The molecule has 0 spiro atoms. The summed E-state index contributed by atoms with van der Waals surface area (Å²) in [6, 6.07) is 2.73. The first-order valence-electron chi connectivity index (χ1n) is 5.69. The van der Waals surface area contributed by atoms with Crippen LogP contribution in [0.1, 0.15) is 30.3 Å². The molecule has 1 heterocycles. The summed E-state index contributed by atoms with van der Waals surface area (Å²) in [5.41, 5.74) is 0.252. The van der Waals surface area contributed by atoms with Crippen LogP contribution in [0.15, 0.2) is 12.1 Å². The lowest BCUT2D eigenvalue weighted by molar-refractivity contribution is -0.391. The second kappa shape index (κ2) is 6.39. The Morgan fingerprint density at radius 2 is 2.28 bits per heavy atom. The zero-order chi connectivity index (χ0) is 13.7. The van der Waals surface area contributed by atoms with Crippen LogP contribution in [0.3, 0.4) is 0 Å². The topological polar surface area (TPSA) is 77.2 Å². The number of rotatable bonds is 6. The van der Waals surface area contributed by atoms with Crippen LogP contribution in [0.4, 0.5) is 5.82 Å². The van der Waals surface area contributed by atoms with Crippen molar-refractivity contribution in [1.82, 2.24) is 9.88 Å². The van der Waals surface area contributed by atoms with E-state index < -0.39 is 4.92 Å². The van der Waals surface area contributed by atoms with Crippen molar-refractivity contribution in [1.29, 1.82) is 0 Å². The van der Waals surface area contributed by atoms with E-state index in [1.807, 2.05) is 6.92 Å². The van der Waals surface area contributed by atoms with Crippen molar-refractivity contribution >= 4 is 23.3 Å². The van der Waals surface area contributed by atoms with E-state index in [1.165, 1.54) is 23.7 Å². The molecule has 0 aliphatic carbocycles. The molecule has 1 N–H and O–H groups in total. The number of halogens is 1. The molecule has 100 valence electrons. The highest BCUT2D eigenvalue weighted by atomic mass is 35.5. The number of nitrogens with zero attached hydrogens (tertiary/aromatic N) is 2. The molecule has 0 aliphatic rings. The number of hydrogen-bond donors (Lipinski definition) is 1. The number of carbonyl (C=O) groups is 1. The number of aromatic nitrogens is 1. The molecule has 1 aromatic rings. The van der Waals surface area contributed by atoms with Crippen LogP contribution in [-0.2, 0) is 7.05 Å². The van der Waals surface area contributed by atoms with E-state index in [0.717, 1.165) is 12.8 Å². The zero-order valence-electron chi connectivity index (χ0n) is 10.4. The average Bonchev–Trinajstić information content (AvgIpc) is 2.68. The van der Waals surface area contributed by atoms with Crippen molar-refractivity contribution in [2.24, 2.45) is 7.05 Å². The minimum Gasteiger partial charge on any atom is -0.358 e. The fraction of sp³-hybridized carbons (Fsp3) is 0.545. The van der Waals surface area contributed by atoms with Gasteiger partial charge in [-0.25, -0.2) is 4.57 Å². The predicted molar refractivity (Wildman–Crippen MR) is 68.9 cm³/mol. The third-order valence-electron chi connectivity index (χ3n) is 2.60. The van der Waals surface area contributed by atoms with Crippen LogP contribution >= 0.6 is 11.6 Å². The third kappa shape index (κ3) is 3.46. The standard InChI is InChI=1S/C11H16ClN3O3/c1-3-4-8(12)7-13-11(16)9-5-6-10(14(9)2)15(17)18/h5-6,8H,3-4,7H2,1-2H3,(H,13,16). The molecular weight excluding hydrogens is 258 g/mol. The van der Waals surface area contributed by atoms with Gasteiger partial charge < -0.3 is 15.4 Å². The molecule has 0 saturated heterocycles. The van der Waals surface area contributed by atoms with Crippen molar-refractivity contribution in [3.63, 3.8) is 0 Å². The number of nitro groups is 1. The largest absolute Gasteiger partial charge is 0.358 e. The lowest BCUT2D eigenvalue weighted by atomic mass is 10.2. The number of alkyl halides is 1. The molecule has 0 saturated carbocycles. The summed E-state index contributed by atoms with van der Waals surface area (Å²) < 4.78 is 1.25. The molecule has 1 unspecified atom stereocenters. The molecule has 6 nitrogen and oxygen atoms in total. The van der Waals surface area contributed by atoms with Crippen molar-refractivity contribution in [2.45, 2.75) is 25.1 Å². The molecule has 0 aliphatic heterocycles. The Kier molecular flexibility index (Phi) is 5.15. The highest BCUT2D eigenvalue weighted by molar-refractivity contribution is 6.20. The van der Waals surface area contributed by atoms with Crippen molar-refractivity contribution in [3.8, 4) is 0 Å². The minimum absolute atomic E-state index is 0.115. The molecule has 0 fully saturated rings. The Balaban J connectivity index is 2.65. The van der Waals surface area contributed by atoms with Gasteiger partial charge in [-0.15, -0.1) is 11.6 Å². The van der Waals surface area contributed by atoms with Crippen LogP contribution in [0.5, 0.6) is 0 Å². The van der Waals surface area contributed by atoms with Gasteiger partial charge in [0.1, 0.15) is 0 Å². The molecule has 1 aromatic heterocycles. The van der Waals surface area contributed by atoms with Crippen LogP contribution in [-0.4, -0.2) is 27.3 Å². The molecule has 1 atom stereocenters. The van der Waals surface area contributed by atoms with Crippen LogP contribution in [0, 0.1) is 10.1 Å². The Morgan fingerprint density at radius 1 is 1.61 bits per heavy atom. The zero-order valence-corrected chi connectivity index (χ0v) is 11.1. The van der Waals surface area contributed by atoms with Gasteiger partial charge in [0.05, 0.1) is 12.4 Å². The van der Waals surface area contributed by atoms with Gasteiger partial charge in [-0.1, -0.05) is 13.3 Å². The summed E-state index contributed by atoms with van der Waals surface area (Å²) in [5, 5.41) is 13.2. The van der Waals surface area contributed by atoms with E-state index in [4.69, 9.17) is 11.6 Å². The van der Waals surface area contributed by atoms with Crippen molar-refractivity contribution in [3.05, 3.63) is 27.9 Å². The summed E-state index contributed by atoms with van der Waals surface area (Å²) >= 11 is 5.98. The maximum Gasteiger partial charge on any atom is 0.323 e.